The Labute approximate surface area is 354 Å². The second-order valence-corrected chi connectivity index (χ2v) is 14.8. The molecule has 5 rings (SSSR count). The van der Waals surface area contributed by atoms with Crippen LogP contribution in [0.3, 0.4) is 0 Å². The molecule has 0 unspecified atom stereocenters. The second kappa shape index (κ2) is 20.4. The Morgan fingerprint density at radius 1 is 0.831 bits per heavy atom. The molecule has 5 aromatic rings. The molecule has 0 saturated carbocycles. The summed E-state index contributed by atoms with van der Waals surface area (Å²) in [5.41, 5.74) is 11.8. The molecule has 0 bridgehead atoms. The fourth-order valence-electron chi connectivity index (χ4n) is 6.89. The largest absolute Gasteiger partial charge is 0.471 e. The lowest BCUT2D eigenvalue weighted by molar-refractivity contribution is 0.561. The van der Waals surface area contributed by atoms with Crippen molar-refractivity contribution in [1.29, 1.82) is 0 Å². The van der Waals surface area contributed by atoms with Gasteiger partial charge in [-0.25, -0.2) is 19.9 Å². The minimum absolute atomic E-state index is 0.532. The van der Waals surface area contributed by atoms with Gasteiger partial charge in [-0.15, -0.1) is 11.3 Å². The molecule has 0 spiro atoms. The predicted molar refractivity (Wildman–Crippen MR) is 262 cm³/mol. The van der Waals surface area contributed by atoms with E-state index < -0.39 is 0 Å². The molecule has 6 nitrogen and oxygen atoms in total. The van der Waals surface area contributed by atoms with Gasteiger partial charge < -0.3 is 8.98 Å². The molecule has 0 atom stereocenters. The van der Waals surface area contributed by atoms with Crippen LogP contribution in [0.1, 0.15) is 73.8 Å². The van der Waals surface area contributed by atoms with Crippen molar-refractivity contribution in [2.75, 3.05) is 0 Å². The molecule has 0 aliphatic heterocycles. The molecule has 0 fully saturated rings. The molecule has 4 aromatic heterocycles. The third kappa shape index (κ3) is 9.70. The number of aromatic nitrogens is 5. The predicted octanol–water partition coefficient (Wildman–Crippen LogP) is 7.79. The summed E-state index contributed by atoms with van der Waals surface area (Å²) in [5, 5.41) is 2.49. The van der Waals surface area contributed by atoms with E-state index in [0.29, 0.717) is 17.5 Å². The Balaban J connectivity index is 1.66. The van der Waals surface area contributed by atoms with Crippen LogP contribution in [0.15, 0.2) is 109 Å². The number of hydrogen-bond donors (Lipinski definition) is 0. The molecule has 0 aliphatic carbocycles. The normalized spacial score (nSPS) is 13.8. The van der Waals surface area contributed by atoms with Crippen LogP contribution in [-0.4, -0.2) is 39.1 Å². The highest BCUT2D eigenvalue weighted by molar-refractivity contribution is 7.10. The second-order valence-electron chi connectivity index (χ2n) is 13.7. The SMILES string of the molecule is C=C/C=C\c1c(BC)c(C)c(/C=c2/oc(BC)c(/C=C\C)c2=C)n1/C(C)=C/C(=C\C)c1n/c(=C/C(=C\C)c2nc(/C(C=C)=C/C=C\C)nc(-c3ccccc3)n2)c(=C)s1. The smallest absolute Gasteiger partial charge is 0.202 e. The van der Waals surface area contributed by atoms with E-state index in [1.54, 1.807) is 17.4 Å². The summed E-state index contributed by atoms with van der Waals surface area (Å²) in [5.74, 6) is 1.64. The van der Waals surface area contributed by atoms with Gasteiger partial charge >= 0.3 is 0 Å². The standard InChI is InChI=1S/C50H53B2N5OS/c1-13-19-25-36(16-4)47-54-48(56-49(55-47)39-26-22-21-23-27-39)37(17-5)30-41-35(10)59-50(53-41)38(18-6)29-32(7)57-42(28-20-14-2)45(51-11)34(9)43(57)31-44-33(8)40(24-15-3)46(52-12)58-44/h13-31,51-52H,2,4,8,10H2,1,3,5-7,9,11-12H3/b19-13-,24-15-,28-20-,32-29+,36-25+,37-17+,38-18+,41-30+,44-31+. The first kappa shape index (κ1) is 43.8. The number of furan rings is 1. The molecule has 1 aromatic carbocycles. The quantitative estimate of drug-likeness (QED) is 0.0801. The molecule has 9 heteroatoms. The Morgan fingerprint density at radius 3 is 2.15 bits per heavy atom. The summed E-state index contributed by atoms with van der Waals surface area (Å²) in [4.78, 5) is 19.9. The van der Waals surface area contributed by atoms with Crippen molar-refractivity contribution >= 4 is 96.9 Å². The first-order valence-corrected chi connectivity index (χ1v) is 20.8. The zero-order valence-electron chi connectivity index (χ0n) is 35.8. The lowest BCUT2D eigenvalue weighted by Gasteiger charge is -2.12. The number of rotatable bonds is 15. The average Bonchev–Trinajstić information content (AvgIpc) is 3.86. The van der Waals surface area contributed by atoms with E-state index in [4.69, 9.17) is 24.4 Å². The van der Waals surface area contributed by atoms with Crippen LogP contribution in [-0.2, 0) is 0 Å². The maximum absolute atomic E-state index is 6.44. The van der Waals surface area contributed by atoms with Crippen molar-refractivity contribution < 1.29 is 4.42 Å². The number of allylic oxidation sites excluding steroid dienone is 14. The Hall–Kier alpha value is -6.31. The van der Waals surface area contributed by atoms with Crippen LogP contribution in [0.2, 0.25) is 13.6 Å². The number of benzene rings is 1. The van der Waals surface area contributed by atoms with Crippen LogP contribution in [0.5, 0.6) is 0 Å². The number of thiazole rings is 1. The average molecular weight is 794 g/mol. The molecule has 0 saturated heterocycles. The molecule has 0 N–H and O–H groups in total. The van der Waals surface area contributed by atoms with Gasteiger partial charge in [0.2, 0.25) is 7.28 Å². The highest BCUT2D eigenvalue weighted by Crippen LogP contribution is 2.26. The van der Waals surface area contributed by atoms with Crippen molar-refractivity contribution in [3.8, 4) is 11.4 Å². The van der Waals surface area contributed by atoms with Crippen molar-refractivity contribution in [3.05, 3.63) is 164 Å². The lowest BCUT2D eigenvalue weighted by atomic mass is 9.71. The molecule has 0 amide bonds. The Kier molecular flexibility index (Phi) is 15.1. The summed E-state index contributed by atoms with van der Waals surface area (Å²) in [7, 11) is 1.64. The first-order chi connectivity index (χ1) is 28.6. The van der Waals surface area contributed by atoms with Gasteiger partial charge in [0.15, 0.2) is 24.8 Å². The van der Waals surface area contributed by atoms with Gasteiger partial charge in [0.05, 0.1) is 16.7 Å². The van der Waals surface area contributed by atoms with Crippen molar-refractivity contribution in [2.24, 2.45) is 0 Å². The van der Waals surface area contributed by atoms with E-state index in [2.05, 4.69) is 88.8 Å². The molecule has 59 heavy (non-hydrogen) atoms. The Morgan fingerprint density at radius 2 is 1.54 bits per heavy atom. The minimum atomic E-state index is 0.532. The van der Waals surface area contributed by atoms with E-state index in [1.807, 2.05) is 107 Å². The van der Waals surface area contributed by atoms with Gasteiger partial charge in [-0.05, 0) is 65.3 Å². The van der Waals surface area contributed by atoms with E-state index in [1.165, 1.54) is 11.0 Å². The van der Waals surface area contributed by atoms with Gasteiger partial charge in [-0.1, -0.05) is 137 Å². The monoisotopic (exact) mass is 793 g/mol. The van der Waals surface area contributed by atoms with Gasteiger partial charge in [0.25, 0.3) is 0 Å². The van der Waals surface area contributed by atoms with E-state index in [9.17, 15) is 0 Å². The third-order valence-corrected chi connectivity index (χ3v) is 10.9. The maximum Gasteiger partial charge on any atom is 0.202 e. The molecule has 296 valence electrons. The van der Waals surface area contributed by atoms with Crippen molar-refractivity contribution in [2.45, 2.75) is 55.2 Å². The Bertz CT molecular complexity index is 2820. The molecular formula is C50H53B2N5OS. The third-order valence-electron chi connectivity index (χ3n) is 9.93. The highest BCUT2D eigenvalue weighted by Gasteiger charge is 2.20. The van der Waals surface area contributed by atoms with E-state index in [0.717, 1.165) is 90.7 Å². The summed E-state index contributed by atoms with van der Waals surface area (Å²) >= 11 is 1.55. The highest BCUT2D eigenvalue weighted by atomic mass is 32.1. The lowest BCUT2D eigenvalue weighted by Crippen LogP contribution is -2.21. The fraction of sp³-hybridized carbons (Fsp3) is 0.160. The van der Waals surface area contributed by atoms with Gasteiger partial charge in [0, 0.05) is 55.1 Å². The first-order valence-electron chi connectivity index (χ1n) is 20.0. The molecule has 4 heterocycles. The van der Waals surface area contributed by atoms with Gasteiger partial charge in [-0.3, -0.25) is 0 Å². The number of nitrogens with zero attached hydrogens (tertiary/aromatic N) is 5. The summed E-state index contributed by atoms with van der Waals surface area (Å²) < 4.78 is 9.57. The number of hydrogen-bond acceptors (Lipinski definition) is 6. The van der Waals surface area contributed by atoms with Crippen LogP contribution in [0.25, 0.3) is 71.3 Å². The zero-order chi connectivity index (χ0) is 42.6. The van der Waals surface area contributed by atoms with E-state index in [-0.39, 0.29) is 0 Å². The molecule has 0 aliphatic rings. The summed E-state index contributed by atoms with van der Waals surface area (Å²) in [6, 6.07) is 9.92. The van der Waals surface area contributed by atoms with Crippen LogP contribution in [0.4, 0.5) is 0 Å². The fourth-order valence-corrected chi connectivity index (χ4v) is 7.77. The summed E-state index contributed by atoms with van der Waals surface area (Å²) in [6.07, 6.45) is 28.1. The van der Waals surface area contributed by atoms with Gasteiger partial charge in [0.1, 0.15) is 10.4 Å². The van der Waals surface area contributed by atoms with Crippen LogP contribution in [0, 0.1) is 6.92 Å². The van der Waals surface area contributed by atoms with Gasteiger partial charge in [-0.2, -0.15) is 0 Å². The van der Waals surface area contributed by atoms with Crippen LogP contribution >= 0.6 is 11.3 Å². The topological polar surface area (TPSA) is 69.6 Å². The minimum Gasteiger partial charge on any atom is -0.471 e. The molecule has 0 radical (unpaired) electrons. The van der Waals surface area contributed by atoms with Crippen molar-refractivity contribution in [3.63, 3.8) is 0 Å². The van der Waals surface area contributed by atoms with Crippen molar-refractivity contribution in [1.82, 2.24) is 24.5 Å². The van der Waals surface area contributed by atoms with E-state index >= 15 is 0 Å². The zero-order valence-corrected chi connectivity index (χ0v) is 36.6. The maximum atomic E-state index is 6.44. The molecular weight excluding hydrogens is 740 g/mol. The summed E-state index contributed by atoms with van der Waals surface area (Å²) in [6.45, 7) is 33.5. The van der Waals surface area contributed by atoms with Crippen LogP contribution < -0.4 is 31.6 Å².